The van der Waals surface area contributed by atoms with Crippen molar-refractivity contribution in [2.45, 2.75) is 25.7 Å². The lowest BCUT2D eigenvalue weighted by molar-refractivity contribution is -0.305. The van der Waals surface area contributed by atoms with Crippen molar-refractivity contribution in [2.75, 3.05) is 6.54 Å². The van der Waals surface area contributed by atoms with E-state index in [0.29, 0.717) is 12.1 Å². The van der Waals surface area contributed by atoms with E-state index in [0.717, 1.165) is 10.6 Å². The minimum atomic E-state index is -4.65. The molecule has 28 heavy (non-hydrogen) atoms. The molecule has 0 saturated heterocycles. The SMILES string of the molecule is [NH3+]/C(=C\C(=O)N1CCn2c(nnc2C(F)(F)F)C1)Cc1cc(F)c(F)cc1F. The summed E-state index contributed by atoms with van der Waals surface area (Å²) < 4.78 is 79.3. The predicted molar refractivity (Wildman–Crippen MR) is 81.4 cm³/mol. The highest BCUT2D eigenvalue weighted by Gasteiger charge is 2.39. The molecule has 0 saturated carbocycles. The number of aromatic nitrogens is 3. The van der Waals surface area contributed by atoms with Gasteiger partial charge < -0.3 is 15.2 Å². The third-order valence-electron chi connectivity index (χ3n) is 4.15. The largest absolute Gasteiger partial charge is 0.451 e. The van der Waals surface area contributed by atoms with Crippen LogP contribution in [0.25, 0.3) is 0 Å². The van der Waals surface area contributed by atoms with Crippen LogP contribution in [0.4, 0.5) is 26.3 Å². The summed E-state index contributed by atoms with van der Waals surface area (Å²) in [5, 5.41) is 6.59. The van der Waals surface area contributed by atoms with Gasteiger partial charge >= 0.3 is 6.18 Å². The molecule has 0 aliphatic carbocycles. The van der Waals surface area contributed by atoms with Crippen LogP contribution in [0.15, 0.2) is 23.9 Å². The Morgan fingerprint density at radius 1 is 1.11 bits per heavy atom. The van der Waals surface area contributed by atoms with E-state index in [1.165, 1.54) is 4.90 Å². The average Bonchev–Trinajstić information content (AvgIpc) is 3.03. The zero-order valence-corrected chi connectivity index (χ0v) is 14.2. The van der Waals surface area contributed by atoms with Crippen molar-refractivity contribution in [1.29, 1.82) is 0 Å². The number of nitrogens with zero attached hydrogens (tertiary/aromatic N) is 4. The summed E-state index contributed by atoms with van der Waals surface area (Å²) in [5.41, 5.74) is 3.53. The van der Waals surface area contributed by atoms with Crippen LogP contribution in [-0.2, 0) is 30.5 Å². The number of carbonyl (C=O) groups excluding carboxylic acids is 1. The molecule has 3 N–H and O–H groups in total. The number of allylic oxidation sites excluding steroid dienone is 1. The number of carbonyl (C=O) groups is 1. The second kappa shape index (κ2) is 7.26. The van der Waals surface area contributed by atoms with Gasteiger partial charge in [0.2, 0.25) is 5.82 Å². The fourth-order valence-electron chi connectivity index (χ4n) is 2.82. The van der Waals surface area contributed by atoms with Gasteiger partial charge in [-0.2, -0.15) is 13.2 Å². The van der Waals surface area contributed by atoms with Gasteiger partial charge in [0.15, 0.2) is 17.5 Å². The van der Waals surface area contributed by atoms with Crippen molar-refractivity contribution in [1.82, 2.24) is 19.7 Å². The molecule has 0 fully saturated rings. The van der Waals surface area contributed by atoms with Crippen LogP contribution in [0.5, 0.6) is 0 Å². The molecule has 1 aliphatic rings. The molecule has 0 spiro atoms. The van der Waals surface area contributed by atoms with E-state index >= 15 is 0 Å². The van der Waals surface area contributed by atoms with Crippen LogP contribution >= 0.6 is 0 Å². The number of quaternary nitrogens is 1. The van der Waals surface area contributed by atoms with Crippen LogP contribution in [0.3, 0.4) is 0 Å². The third kappa shape index (κ3) is 4.01. The molecule has 1 aromatic heterocycles. The first-order valence-electron chi connectivity index (χ1n) is 8.00. The van der Waals surface area contributed by atoms with Crippen molar-refractivity contribution in [3.05, 3.63) is 58.6 Å². The number of fused-ring (bicyclic) bond motifs is 1. The number of rotatable bonds is 3. The van der Waals surface area contributed by atoms with Gasteiger partial charge in [0.05, 0.1) is 19.0 Å². The van der Waals surface area contributed by atoms with Crippen LogP contribution in [0.2, 0.25) is 0 Å². The quantitative estimate of drug-likeness (QED) is 0.476. The molecule has 0 atom stereocenters. The fourth-order valence-corrected chi connectivity index (χ4v) is 2.82. The Bertz CT molecular complexity index is 952. The average molecular weight is 406 g/mol. The summed E-state index contributed by atoms with van der Waals surface area (Å²) in [6, 6.07) is 1.08. The topological polar surface area (TPSA) is 78.7 Å². The summed E-state index contributed by atoms with van der Waals surface area (Å²) in [6.45, 7) is -0.345. The molecule has 1 amide bonds. The van der Waals surface area contributed by atoms with Crippen LogP contribution in [0.1, 0.15) is 17.2 Å². The zero-order chi connectivity index (χ0) is 20.6. The number of halogens is 6. The van der Waals surface area contributed by atoms with Gasteiger partial charge in [-0.25, -0.2) is 13.2 Å². The highest BCUT2D eigenvalue weighted by atomic mass is 19.4. The molecule has 0 unspecified atom stereocenters. The lowest BCUT2D eigenvalue weighted by Gasteiger charge is -2.27. The molecular weight excluding hydrogens is 392 g/mol. The van der Waals surface area contributed by atoms with Crippen molar-refractivity contribution >= 4 is 5.91 Å². The Hall–Kier alpha value is -2.89. The Labute approximate surface area is 154 Å². The van der Waals surface area contributed by atoms with Crippen molar-refractivity contribution < 1.29 is 36.9 Å². The standard InChI is InChI=1S/C16H13F6N5O/c17-10-6-12(19)11(18)4-8(10)3-9(23)5-14(28)26-1-2-27-13(7-26)24-25-15(27)16(20,21)22/h4-6H,1-3,7,23H2/p+1/b9-5-. The van der Waals surface area contributed by atoms with Crippen molar-refractivity contribution in [2.24, 2.45) is 0 Å². The van der Waals surface area contributed by atoms with Gasteiger partial charge in [0.25, 0.3) is 5.91 Å². The first-order chi connectivity index (χ1) is 13.1. The Morgan fingerprint density at radius 3 is 2.46 bits per heavy atom. The normalized spacial score (nSPS) is 15.0. The number of amides is 1. The molecule has 2 heterocycles. The summed E-state index contributed by atoms with van der Waals surface area (Å²) >= 11 is 0. The van der Waals surface area contributed by atoms with E-state index in [9.17, 15) is 31.1 Å². The van der Waals surface area contributed by atoms with E-state index in [1.807, 2.05) is 0 Å². The van der Waals surface area contributed by atoms with Crippen molar-refractivity contribution in [3.8, 4) is 0 Å². The molecule has 1 aromatic carbocycles. The maximum atomic E-state index is 13.7. The maximum absolute atomic E-state index is 13.7. The number of benzene rings is 1. The van der Waals surface area contributed by atoms with Gasteiger partial charge in [-0.3, -0.25) is 4.79 Å². The smallest absolute Gasteiger partial charge is 0.330 e. The minimum absolute atomic E-state index is 0.0161. The van der Waals surface area contributed by atoms with E-state index in [-0.39, 0.29) is 43.1 Å². The van der Waals surface area contributed by atoms with Gasteiger partial charge in [-0.15, -0.1) is 10.2 Å². The molecule has 0 bridgehead atoms. The van der Waals surface area contributed by atoms with Crippen LogP contribution in [0, 0.1) is 17.5 Å². The molecule has 1 aliphatic heterocycles. The number of hydrogen-bond acceptors (Lipinski definition) is 3. The lowest BCUT2D eigenvalue weighted by atomic mass is 10.1. The molecule has 12 heteroatoms. The van der Waals surface area contributed by atoms with Crippen LogP contribution < -0.4 is 5.73 Å². The molecule has 150 valence electrons. The number of alkyl halides is 3. The monoisotopic (exact) mass is 406 g/mol. The molecular formula is C16H14F6N5O+. The first-order valence-corrected chi connectivity index (χ1v) is 8.00. The van der Waals surface area contributed by atoms with Gasteiger partial charge in [-0.05, 0) is 6.07 Å². The lowest BCUT2D eigenvalue weighted by Crippen LogP contribution is -2.50. The van der Waals surface area contributed by atoms with E-state index in [1.54, 1.807) is 0 Å². The predicted octanol–water partition coefficient (Wildman–Crippen LogP) is 1.42. The third-order valence-corrected chi connectivity index (χ3v) is 4.15. The first kappa shape index (κ1) is 19.9. The molecule has 0 radical (unpaired) electrons. The summed E-state index contributed by atoms with van der Waals surface area (Å²) in [5.74, 6) is -5.26. The molecule has 6 nitrogen and oxygen atoms in total. The Morgan fingerprint density at radius 2 is 1.79 bits per heavy atom. The van der Waals surface area contributed by atoms with E-state index in [2.05, 4.69) is 15.9 Å². The fraction of sp³-hybridized carbons (Fsp3) is 0.312. The molecule has 3 rings (SSSR count). The summed E-state index contributed by atoms with van der Waals surface area (Å²) in [6.07, 6.45) is -3.82. The molecule has 2 aromatic rings. The van der Waals surface area contributed by atoms with Gasteiger partial charge in [0, 0.05) is 24.7 Å². The Balaban J connectivity index is 1.71. The van der Waals surface area contributed by atoms with Crippen molar-refractivity contribution in [3.63, 3.8) is 0 Å². The highest BCUT2D eigenvalue weighted by Crippen LogP contribution is 2.29. The van der Waals surface area contributed by atoms with Gasteiger partial charge in [0.1, 0.15) is 11.5 Å². The highest BCUT2D eigenvalue weighted by molar-refractivity contribution is 5.88. The second-order valence-corrected chi connectivity index (χ2v) is 6.19. The summed E-state index contributed by atoms with van der Waals surface area (Å²) in [4.78, 5) is 13.6. The second-order valence-electron chi connectivity index (χ2n) is 6.19. The summed E-state index contributed by atoms with van der Waals surface area (Å²) in [7, 11) is 0. The van der Waals surface area contributed by atoms with E-state index in [4.69, 9.17) is 0 Å². The minimum Gasteiger partial charge on any atom is -0.330 e. The Kier molecular flexibility index (Phi) is 5.15. The van der Waals surface area contributed by atoms with E-state index < -0.39 is 35.4 Å². The maximum Gasteiger partial charge on any atom is 0.451 e. The number of hydrogen-bond donors (Lipinski definition) is 1. The van der Waals surface area contributed by atoms with Gasteiger partial charge in [-0.1, -0.05) is 0 Å². The zero-order valence-electron chi connectivity index (χ0n) is 14.2. The van der Waals surface area contributed by atoms with Crippen LogP contribution in [-0.4, -0.2) is 32.1 Å².